The first-order valence-electron chi connectivity index (χ1n) is 6.06. The fourth-order valence-corrected chi connectivity index (χ4v) is 2.22. The van der Waals surface area contributed by atoms with E-state index in [1.54, 1.807) is 10.8 Å². The average Bonchev–Trinajstić information content (AvgIpc) is 2.78. The third kappa shape index (κ3) is 1.54. The van der Waals surface area contributed by atoms with Crippen molar-refractivity contribution in [2.24, 2.45) is 0 Å². The van der Waals surface area contributed by atoms with Crippen molar-refractivity contribution in [3.05, 3.63) is 46.5 Å². The first-order chi connectivity index (χ1) is 9.13. The number of imidazole rings is 1. The van der Waals surface area contributed by atoms with Crippen molar-refractivity contribution in [2.45, 2.75) is 19.9 Å². The zero-order valence-corrected chi connectivity index (χ0v) is 10.7. The van der Waals surface area contributed by atoms with E-state index in [-0.39, 0.29) is 11.7 Å². The molecule has 19 heavy (non-hydrogen) atoms. The number of aromatic nitrogens is 3. The number of hydrogen-bond donors (Lipinski definition) is 0. The summed E-state index contributed by atoms with van der Waals surface area (Å²) in [6.45, 7) is 3.82. The number of hydrogen-bond acceptors (Lipinski definition) is 3. The Kier molecular flexibility index (Phi) is 2.39. The zero-order valence-electron chi connectivity index (χ0n) is 10.7. The van der Waals surface area contributed by atoms with Crippen molar-refractivity contribution in [3.8, 4) is 6.07 Å². The van der Waals surface area contributed by atoms with Gasteiger partial charge in [-0.3, -0.25) is 4.57 Å². The molecule has 0 radical (unpaired) electrons. The Hall–Kier alpha value is -2.61. The van der Waals surface area contributed by atoms with Crippen LogP contribution < -0.4 is 5.69 Å². The molecule has 5 heteroatoms. The summed E-state index contributed by atoms with van der Waals surface area (Å²) in [6.07, 6.45) is 1.58. The van der Waals surface area contributed by atoms with E-state index in [0.29, 0.717) is 11.2 Å². The van der Waals surface area contributed by atoms with Crippen molar-refractivity contribution >= 4 is 16.7 Å². The lowest BCUT2D eigenvalue weighted by Gasteiger charge is -2.10. The molecule has 0 spiro atoms. The lowest BCUT2D eigenvalue weighted by atomic mass is 10.3. The van der Waals surface area contributed by atoms with Crippen LogP contribution in [0.4, 0.5) is 0 Å². The summed E-state index contributed by atoms with van der Waals surface area (Å²) >= 11 is 0. The van der Waals surface area contributed by atoms with E-state index in [9.17, 15) is 10.1 Å². The molecule has 0 fully saturated rings. The van der Waals surface area contributed by atoms with Crippen molar-refractivity contribution < 1.29 is 0 Å². The third-order valence-corrected chi connectivity index (χ3v) is 3.16. The van der Waals surface area contributed by atoms with Crippen LogP contribution in [0.5, 0.6) is 0 Å². The maximum absolute atomic E-state index is 12.5. The van der Waals surface area contributed by atoms with Crippen molar-refractivity contribution in [1.82, 2.24) is 14.0 Å². The van der Waals surface area contributed by atoms with Crippen LogP contribution in [0, 0.1) is 11.3 Å². The highest BCUT2D eigenvalue weighted by atomic mass is 16.1. The van der Waals surface area contributed by atoms with Gasteiger partial charge in [-0.05, 0) is 26.0 Å². The summed E-state index contributed by atoms with van der Waals surface area (Å²) in [7, 11) is 0. The predicted molar refractivity (Wildman–Crippen MR) is 72.1 cm³/mol. The van der Waals surface area contributed by atoms with Gasteiger partial charge in [0.15, 0.2) is 5.65 Å². The number of rotatable bonds is 1. The predicted octanol–water partition coefficient (Wildman–Crippen LogP) is 2.10. The van der Waals surface area contributed by atoms with Crippen LogP contribution in [0.25, 0.3) is 16.7 Å². The Morgan fingerprint density at radius 1 is 1.32 bits per heavy atom. The maximum Gasteiger partial charge on any atom is 0.334 e. The van der Waals surface area contributed by atoms with Gasteiger partial charge in [0.2, 0.25) is 0 Å². The van der Waals surface area contributed by atoms with Gasteiger partial charge in [-0.15, -0.1) is 0 Å². The van der Waals surface area contributed by atoms with Gasteiger partial charge in [0.05, 0.1) is 11.0 Å². The molecule has 2 heterocycles. The minimum absolute atomic E-state index is 0.00911. The number of fused-ring (bicyclic) bond motifs is 3. The molecule has 3 rings (SSSR count). The molecule has 0 aliphatic rings. The molecule has 0 aliphatic carbocycles. The molecule has 0 bridgehead atoms. The van der Waals surface area contributed by atoms with E-state index >= 15 is 0 Å². The van der Waals surface area contributed by atoms with Gasteiger partial charge in [0.25, 0.3) is 0 Å². The van der Waals surface area contributed by atoms with Crippen molar-refractivity contribution in [2.75, 3.05) is 0 Å². The topological polar surface area (TPSA) is 63.1 Å². The lowest BCUT2D eigenvalue weighted by Crippen LogP contribution is -2.28. The standard InChI is InChI=1S/C14H12N4O/c1-9(2)17-8-10(7-15)13-16-11-5-3-4-6-12(11)18(13)14(17)19/h3-6,8-9H,1-2H3. The summed E-state index contributed by atoms with van der Waals surface area (Å²) < 4.78 is 3.06. The molecule has 1 aromatic carbocycles. The van der Waals surface area contributed by atoms with Gasteiger partial charge in [-0.2, -0.15) is 5.26 Å². The summed E-state index contributed by atoms with van der Waals surface area (Å²) in [5.41, 5.74) is 2.11. The molecule has 0 amide bonds. The second kappa shape index (κ2) is 3.95. The van der Waals surface area contributed by atoms with E-state index in [1.165, 1.54) is 4.40 Å². The summed E-state index contributed by atoms with van der Waals surface area (Å²) in [6, 6.07) is 9.49. The monoisotopic (exact) mass is 252 g/mol. The quantitative estimate of drug-likeness (QED) is 0.666. The van der Waals surface area contributed by atoms with Gasteiger partial charge in [-0.25, -0.2) is 14.2 Å². The molecule has 0 saturated heterocycles. The molecule has 0 unspecified atom stereocenters. The Balaban J connectivity index is 2.62. The highest BCUT2D eigenvalue weighted by molar-refractivity contribution is 5.81. The Bertz CT molecular complexity index is 880. The highest BCUT2D eigenvalue weighted by Crippen LogP contribution is 2.17. The van der Waals surface area contributed by atoms with Crippen LogP contribution in [0.15, 0.2) is 35.3 Å². The summed E-state index contributed by atoms with van der Waals surface area (Å²) in [5.74, 6) is 0. The first kappa shape index (κ1) is 11.5. The Morgan fingerprint density at radius 2 is 2.05 bits per heavy atom. The molecule has 3 aromatic rings. The fraction of sp³-hybridized carbons (Fsp3) is 0.214. The Morgan fingerprint density at radius 3 is 2.74 bits per heavy atom. The third-order valence-electron chi connectivity index (χ3n) is 3.16. The van der Waals surface area contributed by atoms with Crippen LogP contribution in [0.3, 0.4) is 0 Å². The van der Waals surface area contributed by atoms with E-state index in [4.69, 9.17) is 0 Å². The molecule has 5 nitrogen and oxygen atoms in total. The average molecular weight is 252 g/mol. The van der Waals surface area contributed by atoms with Crippen molar-refractivity contribution in [1.29, 1.82) is 5.26 Å². The molecule has 94 valence electrons. The fourth-order valence-electron chi connectivity index (χ4n) is 2.22. The van der Waals surface area contributed by atoms with E-state index in [2.05, 4.69) is 11.1 Å². The van der Waals surface area contributed by atoms with Gasteiger partial charge in [0, 0.05) is 12.2 Å². The normalized spacial score (nSPS) is 11.3. The number of benzene rings is 1. The molecule has 0 N–H and O–H groups in total. The lowest BCUT2D eigenvalue weighted by molar-refractivity contribution is 0.559. The summed E-state index contributed by atoms with van der Waals surface area (Å²) in [5, 5.41) is 9.24. The van der Waals surface area contributed by atoms with E-state index < -0.39 is 0 Å². The van der Waals surface area contributed by atoms with Crippen molar-refractivity contribution in [3.63, 3.8) is 0 Å². The van der Waals surface area contributed by atoms with Crippen LogP contribution in [0.2, 0.25) is 0 Å². The van der Waals surface area contributed by atoms with Crippen LogP contribution in [0.1, 0.15) is 25.5 Å². The minimum Gasteiger partial charge on any atom is -0.296 e. The molecular weight excluding hydrogens is 240 g/mol. The van der Waals surface area contributed by atoms with E-state index in [1.807, 2.05) is 38.1 Å². The molecule has 0 aliphatic heterocycles. The van der Waals surface area contributed by atoms with Crippen LogP contribution in [-0.4, -0.2) is 14.0 Å². The zero-order chi connectivity index (χ0) is 13.6. The molecule has 0 saturated carbocycles. The number of nitrogens with zero attached hydrogens (tertiary/aromatic N) is 4. The SMILES string of the molecule is CC(C)n1cc(C#N)c2nc3ccccc3n2c1=O. The van der Waals surface area contributed by atoms with Gasteiger partial charge >= 0.3 is 5.69 Å². The van der Waals surface area contributed by atoms with Gasteiger partial charge < -0.3 is 0 Å². The second-order valence-corrected chi connectivity index (χ2v) is 4.70. The Labute approximate surface area is 109 Å². The van der Waals surface area contributed by atoms with E-state index in [0.717, 1.165) is 11.0 Å². The highest BCUT2D eigenvalue weighted by Gasteiger charge is 2.14. The van der Waals surface area contributed by atoms with Gasteiger partial charge in [0.1, 0.15) is 11.6 Å². The van der Waals surface area contributed by atoms with Crippen LogP contribution in [-0.2, 0) is 0 Å². The van der Waals surface area contributed by atoms with Crippen LogP contribution >= 0.6 is 0 Å². The smallest absolute Gasteiger partial charge is 0.296 e. The number of para-hydroxylation sites is 2. The largest absolute Gasteiger partial charge is 0.334 e. The maximum atomic E-state index is 12.5. The molecule has 2 aromatic heterocycles. The first-order valence-corrected chi connectivity index (χ1v) is 6.06. The second-order valence-electron chi connectivity index (χ2n) is 4.70. The summed E-state index contributed by atoms with van der Waals surface area (Å²) in [4.78, 5) is 16.9. The van der Waals surface area contributed by atoms with Gasteiger partial charge in [-0.1, -0.05) is 12.1 Å². The number of nitriles is 1. The minimum atomic E-state index is -0.169. The molecule has 0 atom stereocenters. The molecular formula is C14H12N4O.